The quantitative estimate of drug-likeness (QED) is 0.625. The third-order valence-electron chi connectivity index (χ3n) is 3.11. The third-order valence-corrected chi connectivity index (χ3v) is 4.02. The highest BCUT2D eigenvalue weighted by atomic mass is 32.2. The van der Waals surface area contributed by atoms with Crippen LogP contribution < -0.4 is 5.73 Å². The zero-order valence-corrected chi connectivity index (χ0v) is 12.7. The number of aromatic nitrogens is 2. The van der Waals surface area contributed by atoms with Crippen molar-refractivity contribution in [3.8, 4) is 11.4 Å². The van der Waals surface area contributed by atoms with Crippen LogP contribution in [0.15, 0.2) is 43.0 Å². The van der Waals surface area contributed by atoms with Crippen LogP contribution in [0.3, 0.4) is 0 Å². The Bertz CT molecular complexity index is 561. The standard InChI is InChI=1S/C16H21N3S/c1-3-11-19-15(17)14(10-12-20-4-2)18-16(19)13-8-6-5-7-9-13/h3,5-9H,1,4,10-12,17H2,2H3. The molecule has 1 heterocycles. The molecule has 20 heavy (non-hydrogen) atoms. The molecule has 0 saturated carbocycles. The Kier molecular flexibility index (Phi) is 5.30. The maximum absolute atomic E-state index is 6.25. The molecule has 0 atom stereocenters. The minimum absolute atomic E-state index is 0.685. The number of rotatable bonds is 7. The molecule has 0 saturated heterocycles. The van der Waals surface area contributed by atoms with Gasteiger partial charge in [0, 0.05) is 18.5 Å². The average molecular weight is 287 g/mol. The van der Waals surface area contributed by atoms with Crippen LogP contribution in [-0.4, -0.2) is 21.1 Å². The minimum atomic E-state index is 0.685. The molecule has 2 rings (SSSR count). The number of nitrogens with two attached hydrogens (primary N) is 1. The number of nitrogens with zero attached hydrogens (tertiary/aromatic N) is 2. The van der Waals surface area contributed by atoms with Gasteiger partial charge in [0.15, 0.2) is 0 Å². The number of nitrogen functional groups attached to an aromatic ring is 1. The molecule has 4 heteroatoms. The molecule has 0 aliphatic rings. The summed E-state index contributed by atoms with van der Waals surface area (Å²) >= 11 is 1.91. The Hall–Kier alpha value is -1.68. The summed E-state index contributed by atoms with van der Waals surface area (Å²) in [6.07, 6.45) is 2.77. The molecule has 2 N–H and O–H groups in total. The van der Waals surface area contributed by atoms with Crippen LogP contribution in [0.1, 0.15) is 12.6 Å². The SMILES string of the molecule is C=CCn1c(-c2ccccc2)nc(CCSCC)c1N. The number of hydrogen-bond donors (Lipinski definition) is 1. The first kappa shape index (κ1) is 14.7. The van der Waals surface area contributed by atoms with Crippen LogP contribution in [0.4, 0.5) is 5.82 Å². The first-order valence-electron chi connectivity index (χ1n) is 6.86. The number of thioether (sulfide) groups is 1. The molecule has 0 bridgehead atoms. The fraction of sp³-hybridized carbons (Fsp3) is 0.312. The summed E-state index contributed by atoms with van der Waals surface area (Å²) in [7, 11) is 0. The predicted octanol–water partition coefficient (Wildman–Crippen LogP) is 3.61. The van der Waals surface area contributed by atoms with Crippen molar-refractivity contribution in [2.45, 2.75) is 19.9 Å². The Morgan fingerprint density at radius 1 is 1.35 bits per heavy atom. The Balaban J connectivity index is 2.35. The van der Waals surface area contributed by atoms with Gasteiger partial charge in [0.2, 0.25) is 0 Å². The van der Waals surface area contributed by atoms with Crippen molar-refractivity contribution >= 4 is 17.6 Å². The van der Waals surface area contributed by atoms with Gasteiger partial charge in [-0.3, -0.25) is 0 Å². The normalized spacial score (nSPS) is 10.7. The summed E-state index contributed by atoms with van der Waals surface area (Å²) in [5.41, 5.74) is 8.34. The number of benzene rings is 1. The van der Waals surface area contributed by atoms with E-state index in [2.05, 4.69) is 25.6 Å². The van der Waals surface area contributed by atoms with Crippen LogP contribution in [0.5, 0.6) is 0 Å². The van der Waals surface area contributed by atoms with E-state index in [4.69, 9.17) is 10.7 Å². The van der Waals surface area contributed by atoms with E-state index < -0.39 is 0 Å². The highest BCUT2D eigenvalue weighted by Gasteiger charge is 2.14. The summed E-state index contributed by atoms with van der Waals surface area (Å²) in [5, 5.41) is 0. The van der Waals surface area contributed by atoms with Crippen molar-refractivity contribution in [1.82, 2.24) is 9.55 Å². The number of hydrogen-bond acceptors (Lipinski definition) is 3. The molecule has 0 aliphatic carbocycles. The van der Waals surface area contributed by atoms with Crippen molar-refractivity contribution in [2.75, 3.05) is 17.2 Å². The molecular weight excluding hydrogens is 266 g/mol. The van der Waals surface area contributed by atoms with Crippen molar-refractivity contribution in [3.63, 3.8) is 0 Å². The van der Waals surface area contributed by atoms with Gasteiger partial charge in [-0.1, -0.05) is 43.3 Å². The van der Waals surface area contributed by atoms with E-state index in [0.717, 1.165) is 40.8 Å². The first-order chi connectivity index (χ1) is 9.77. The van der Waals surface area contributed by atoms with Crippen molar-refractivity contribution < 1.29 is 0 Å². The summed E-state index contributed by atoms with van der Waals surface area (Å²) in [5.74, 6) is 3.87. The molecule has 0 radical (unpaired) electrons. The van der Waals surface area contributed by atoms with Gasteiger partial charge in [0.25, 0.3) is 0 Å². The molecule has 0 amide bonds. The summed E-state index contributed by atoms with van der Waals surface area (Å²) in [4.78, 5) is 4.75. The second kappa shape index (κ2) is 7.20. The summed E-state index contributed by atoms with van der Waals surface area (Å²) in [6.45, 7) is 6.66. The second-order valence-electron chi connectivity index (χ2n) is 4.48. The van der Waals surface area contributed by atoms with Gasteiger partial charge in [-0.2, -0.15) is 11.8 Å². The first-order valence-corrected chi connectivity index (χ1v) is 8.02. The molecule has 2 aromatic rings. The fourth-order valence-corrected chi connectivity index (χ4v) is 2.76. The van der Waals surface area contributed by atoms with Gasteiger partial charge in [-0.05, 0) is 11.5 Å². The zero-order chi connectivity index (χ0) is 14.4. The van der Waals surface area contributed by atoms with E-state index in [9.17, 15) is 0 Å². The number of aryl methyl sites for hydroxylation is 1. The van der Waals surface area contributed by atoms with Crippen LogP contribution in [0, 0.1) is 0 Å². The maximum Gasteiger partial charge on any atom is 0.142 e. The monoisotopic (exact) mass is 287 g/mol. The third kappa shape index (κ3) is 3.25. The van der Waals surface area contributed by atoms with E-state index in [1.54, 1.807) is 0 Å². The second-order valence-corrected chi connectivity index (χ2v) is 5.87. The predicted molar refractivity (Wildman–Crippen MR) is 89.0 cm³/mol. The van der Waals surface area contributed by atoms with Gasteiger partial charge >= 0.3 is 0 Å². The lowest BCUT2D eigenvalue weighted by Gasteiger charge is -2.06. The van der Waals surface area contributed by atoms with E-state index in [0.29, 0.717) is 6.54 Å². The number of anilines is 1. The van der Waals surface area contributed by atoms with E-state index in [-0.39, 0.29) is 0 Å². The van der Waals surface area contributed by atoms with Gasteiger partial charge in [-0.15, -0.1) is 6.58 Å². The molecule has 0 spiro atoms. The van der Waals surface area contributed by atoms with Crippen molar-refractivity contribution in [3.05, 3.63) is 48.7 Å². The van der Waals surface area contributed by atoms with Gasteiger partial charge in [0.05, 0.1) is 5.69 Å². The van der Waals surface area contributed by atoms with Crippen LogP contribution in [0.25, 0.3) is 11.4 Å². The fourth-order valence-electron chi connectivity index (χ4n) is 2.13. The van der Waals surface area contributed by atoms with Gasteiger partial charge < -0.3 is 10.3 Å². The molecule has 1 aromatic heterocycles. The lowest BCUT2D eigenvalue weighted by atomic mass is 10.2. The number of imidazole rings is 1. The molecule has 106 valence electrons. The van der Waals surface area contributed by atoms with E-state index in [1.165, 1.54) is 0 Å². The Morgan fingerprint density at radius 2 is 2.10 bits per heavy atom. The van der Waals surface area contributed by atoms with Gasteiger partial charge in [-0.25, -0.2) is 4.98 Å². The molecule has 3 nitrogen and oxygen atoms in total. The Morgan fingerprint density at radius 3 is 2.75 bits per heavy atom. The average Bonchev–Trinajstić information content (AvgIpc) is 2.78. The minimum Gasteiger partial charge on any atom is -0.384 e. The molecule has 0 fully saturated rings. The Labute approximate surface area is 124 Å². The van der Waals surface area contributed by atoms with Gasteiger partial charge in [0.1, 0.15) is 11.6 Å². The van der Waals surface area contributed by atoms with E-state index >= 15 is 0 Å². The lowest BCUT2D eigenvalue weighted by Crippen LogP contribution is -2.04. The van der Waals surface area contributed by atoms with Crippen LogP contribution in [-0.2, 0) is 13.0 Å². The molecule has 0 unspecified atom stereocenters. The largest absolute Gasteiger partial charge is 0.384 e. The van der Waals surface area contributed by atoms with E-state index in [1.807, 2.05) is 40.6 Å². The van der Waals surface area contributed by atoms with Crippen molar-refractivity contribution in [2.24, 2.45) is 0 Å². The van der Waals surface area contributed by atoms with Crippen LogP contribution >= 0.6 is 11.8 Å². The smallest absolute Gasteiger partial charge is 0.142 e. The molecule has 1 aromatic carbocycles. The molecule has 0 aliphatic heterocycles. The lowest BCUT2D eigenvalue weighted by molar-refractivity contribution is 0.842. The zero-order valence-electron chi connectivity index (χ0n) is 11.9. The van der Waals surface area contributed by atoms with Crippen LogP contribution in [0.2, 0.25) is 0 Å². The molecular formula is C16H21N3S. The topological polar surface area (TPSA) is 43.8 Å². The number of allylic oxidation sites excluding steroid dienone is 1. The van der Waals surface area contributed by atoms with Crippen molar-refractivity contribution in [1.29, 1.82) is 0 Å². The summed E-state index contributed by atoms with van der Waals surface area (Å²) < 4.78 is 2.04. The highest BCUT2D eigenvalue weighted by molar-refractivity contribution is 7.99. The highest BCUT2D eigenvalue weighted by Crippen LogP contribution is 2.25. The summed E-state index contributed by atoms with van der Waals surface area (Å²) in [6, 6.07) is 10.2. The maximum atomic E-state index is 6.25.